The number of likely N-dealkylation sites (tertiary alicyclic amines) is 1. The Labute approximate surface area is 184 Å². The van der Waals surface area contributed by atoms with Crippen LogP contribution in [0.5, 0.6) is 11.5 Å². The number of anilines is 1. The number of halogens is 1. The van der Waals surface area contributed by atoms with Crippen molar-refractivity contribution in [3.05, 3.63) is 53.1 Å². The van der Waals surface area contributed by atoms with Crippen LogP contribution in [0.1, 0.15) is 25.3 Å². The van der Waals surface area contributed by atoms with Crippen LogP contribution in [0.4, 0.5) is 5.69 Å². The first-order chi connectivity index (χ1) is 14.6. The number of hydrogen-bond donors (Lipinski definition) is 1. The van der Waals surface area contributed by atoms with Gasteiger partial charge in [-0.15, -0.1) is 0 Å². The van der Waals surface area contributed by atoms with E-state index in [1.807, 2.05) is 37.3 Å². The molecular weight excluding hydrogens is 398 g/mol. The molecule has 1 atom stereocenters. The Balaban J connectivity index is 1.33. The Bertz CT molecular complexity index is 839. The van der Waals surface area contributed by atoms with E-state index < -0.39 is 0 Å². The van der Waals surface area contributed by atoms with Gasteiger partial charge >= 0.3 is 0 Å². The molecule has 6 heteroatoms. The molecular formula is C24H32ClN3O2. The van der Waals surface area contributed by atoms with Crippen LogP contribution in [0, 0.1) is 0 Å². The molecule has 2 heterocycles. The lowest BCUT2D eigenvalue weighted by atomic mass is 10.0. The van der Waals surface area contributed by atoms with Crippen LogP contribution in [0.25, 0.3) is 0 Å². The van der Waals surface area contributed by atoms with E-state index in [0.29, 0.717) is 18.4 Å². The van der Waals surface area contributed by atoms with Crippen molar-refractivity contribution in [3.8, 4) is 11.5 Å². The van der Waals surface area contributed by atoms with E-state index in [2.05, 4.69) is 26.8 Å². The maximum Gasteiger partial charge on any atom is 0.162 e. The number of phenolic OH excluding ortho intramolecular Hbond substituents is 1. The molecule has 2 aromatic carbocycles. The second-order valence-corrected chi connectivity index (χ2v) is 8.67. The molecule has 2 aliphatic rings. The van der Waals surface area contributed by atoms with Gasteiger partial charge in [0, 0.05) is 61.6 Å². The molecule has 0 aromatic heterocycles. The van der Waals surface area contributed by atoms with E-state index in [-0.39, 0.29) is 5.75 Å². The predicted octanol–water partition coefficient (Wildman–Crippen LogP) is 4.23. The lowest BCUT2D eigenvalue weighted by Crippen LogP contribution is -2.55. The summed E-state index contributed by atoms with van der Waals surface area (Å²) in [5.41, 5.74) is 2.17. The van der Waals surface area contributed by atoms with E-state index >= 15 is 0 Å². The number of phenols is 1. The van der Waals surface area contributed by atoms with Gasteiger partial charge in [0.25, 0.3) is 0 Å². The largest absolute Gasteiger partial charge is 0.504 e. The average molecular weight is 430 g/mol. The quantitative estimate of drug-likeness (QED) is 0.743. The average Bonchev–Trinajstić information content (AvgIpc) is 2.77. The standard InChI is InChI=1S/C24H32ClN3O2/c1-2-30-23-10-3-6-19(24(23)29)17-26-11-5-9-22(18-26)28-14-12-27(13-15-28)21-8-4-7-20(25)16-21/h3-4,6-8,10,16,22,29H,2,5,9,11-15,17-18H2,1H3/t22-/m0/s1. The Kier molecular flexibility index (Phi) is 7.03. The third-order valence-corrected chi connectivity index (χ3v) is 6.50. The molecule has 5 nitrogen and oxygen atoms in total. The fourth-order valence-electron chi connectivity index (χ4n) is 4.70. The number of aromatic hydroxyl groups is 1. The highest BCUT2D eigenvalue weighted by Gasteiger charge is 2.28. The summed E-state index contributed by atoms with van der Waals surface area (Å²) in [6, 6.07) is 14.5. The molecule has 0 unspecified atom stereocenters. The first kappa shape index (κ1) is 21.3. The number of nitrogens with zero attached hydrogens (tertiary/aromatic N) is 3. The summed E-state index contributed by atoms with van der Waals surface area (Å²) in [5.74, 6) is 0.873. The molecule has 0 spiro atoms. The van der Waals surface area contributed by atoms with Gasteiger partial charge < -0.3 is 14.7 Å². The van der Waals surface area contributed by atoms with Crippen LogP contribution in [-0.2, 0) is 6.54 Å². The van der Waals surface area contributed by atoms with E-state index in [4.69, 9.17) is 16.3 Å². The first-order valence-electron chi connectivity index (χ1n) is 11.0. The normalized spacial score (nSPS) is 21.0. The molecule has 2 fully saturated rings. The van der Waals surface area contributed by atoms with Crippen molar-refractivity contribution in [1.82, 2.24) is 9.80 Å². The van der Waals surface area contributed by atoms with Crippen LogP contribution >= 0.6 is 11.6 Å². The zero-order valence-electron chi connectivity index (χ0n) is 17.8. The monoisotopic (exact) mass is 429 g/mol. The minimum Gasteiger partial charge on any atom is -0.504 e. The molecule has 0 saturated carbocycles. The zero-order valence-corrected chi connectivity index (χ0v) is 18.5. The van der Waals surface area contributed by atoms with Gasteiger partial charge in [0.1, 0.15) is 0 Å². The molecule has 2 aliphatic heterocycles. The van der Waals surface area contributed by atoms with Crippen LogP contribution in [0.3, 0.4) is 0 Å². The third-order valence-electron chi connectivity index (χ3n) is 6.26. The van der Waals surface area contributed by atoms with Gasteiger partial charge in [-0.25, -0.2) is 0 Å². The highest BCUT2D eigenvalue weighted by molar-refractivity contribution is 6.30. The second-order valence-electron chi connectivity index (χ2n) is 8.23. The number of rotatable bonds is 6. The van der Waals surface area contributed by atoms with Gasteiger partial charge in [-0.2, -0.15) is 0 Å². The SMILES string of the molecule is CCOc1cccc(CN2CCC[C@H](N3CCN(c4cccc(Cl)c4)CC3)C2)c1O. The zero-order chi connectivity index (χ0) is 20.9. The summed E-state index contributed by atoms with van der Waals surface area (Å²) in [7, 11) is 0. The molecule has 0 aliphatic carbocycles. The Morgan fingerprint density at radius 2 is 1.87 bits per heavy atom. The predicted molar refractivity (Wildman–Crippen MR) is 123 cm³/mol. The lowest BCUT2D eigenvalue weighted by molar-refractivity contribution is 0.0882. The van der Waals surface area contributed by atoms with Crippen molar-refractivity contribution in [2.75, 3.05) is 50.8 Å². The van der Waals surface area contributed by atoms with Gasteiger partial charge in [0.15, 0.2) is 11.5 Å². The van der Waals surface area contributed by atoms with Gasteiger partial charge in [-0.05, 0) is 50.6 Å². The van der Waals surface area contributed by atoms with Crippen molar-refractivity contribution in [2.45, 2.75) is 32.4 Å². The molecule has 162 valence electrons. The van der Waals surface area contributed by atoms with Gasteiger partial charge in [0.2, 0.25) is 0 Å². The van der Waals surface area contributed by atoms with Crippen LogP contribution in [0.2, 0.25) is 5.02 Å². The third kappa shape index (κ3) is 5.02. The molecule has 2 aromatic rings. The van der Waals surface area contributed by atoms with Crippen LogP contribution < -0.4 is 9.64 Å². The highest BCUT2D eigenvalue weighted by Crippen LogP contribution is 2.31. The Morgan fingerprint density at radius 3 is 2.63 bits per heavy atom. The number of benzene rings is 2. The molecule has 0 radical (unpaired) electrons. The molecule has 4 rings (SSSR count). The Hall–Kier alpha value is -1.95. The first-order valence-corrected chi connectivity index (χ1v) is 11.4. The number of hydrogen-bond acceptors (Lipinski definition) is 5. The summed E-state index contributed by atoms with van der Waals surface area (Å²) >= 11 is 6.17. The summed E-state index contributed by atoms with van der Waals surface area (Å²) in [6.45, 7) is 9.63. The van der Waals surface area contributed by atoms with Crippen molar-refractivity contribution in [2.24, 2.45) is 0 Å². The van der Waals surface area contributed by atoms with Crippen molar-refractivity contribution >= 4 is 17.3 Å². The van der Waals surface area contributed by atoms with Crippen molar-refractivity contribution < 1.29 is 9.84 Å². The summed E-state index contributed by atoms with van der Waals surface area (Å²) in [6.07, 6.45) is 2.45. The summed E-state index contributed by atoms with van der Waals surface area (Å²) in [5, 5.41) is 11.3. The number of piperidine rings is 1. The van der Waals surface area contributed by atoms with E-state index in [1.165, 1.54) is 18.5 Å². The van der Waals surface area contributed by atoms with E-state index in [0.717, 1.165) is 56.4 Å². The highest BCUT2D eigenvalue weighted by atomic mass is 35.5. The van der Waals surface area contributed by atoms with Crippen molar-refractivity contribution in [1.29, 1.82) is 0 Å². The fraction of sp³-hybridized carbons (Fsp3) is 0.500. The van der Waals surface area contributed by atoms with E-state index in [1.54, 1.807) is 0 Å². The van der Waals surface area contributed by atoms with Gasteiger partial charge in [0.05, 0.1) is 6.61 Å². The minimum atomic E-state index is 0.289. The maximum absolute atomic E-state index is 10.5. The molecule has 0 bridgehead atoms. The second kappa shape index (κ2) is 9.90. The maximum atomic E-state index is 10.5. The fourth-order valence-corrected chi connectivity index (χ4v) is 4.88. The number of piperazine rings is 1. The van der Waals surface area contributed by atoms with Crippen molar-refractivity contribution in [3.63, 3.8) is 0 Å². The van der Waals surface area contributed by atoms with Crippen LogP contribution in [-0.4, -0.2) is 66.8 Å². The molecule has 1 N–H and O–H groups in total. The molecule has 0 amide bonds. The van der Waals surface area contributed by atoms with Crippen LogP contribution in [0.15, 0.2) is 42.5 Å². The smallest absolute Gasteiger partial charge is 0.162 e. The number of ether oxygens (including phenoxy) is 1. The molecule has 2 saturated heterocycles. The van der Waals surface area contributed by atoms with Gasteiger partial charge in [-0.3, -0.25) is 9.80 Å². The summed E-state index contributed by atoms with van der Waals surface area (Å²) < 4.78 is 5.55. The molecule has 30 heavy (non-hydrogen) atoms. The topological polar surface area (TPSA) is 39.2 Å². The minimum absolute atomic E-state index is 0.289. The summed E-state index contributed by atoms with van der Waals surface area (Å²) in [4.78, 5) is 7.55. The van der Waals surface area contributed by atoms with Gasteiger partial charge in [-0.1, -0.05) is 29.8 Å². The number of para-hydroxylation sites is 1. The van der Waals surface area contributed by atoms with E-state index in [9.17, 15) is 5.11 Å². The Morgan fingerprint density at radius 1 is 1.07 bits per heavy atom. The lowest BCUT2D eigenvalue weighted by Gasteiger charge is -2.44.